The zero-order valence-corrected chi connectivity index (χ0v) is 18.8. The van der Waals surface area contributed by atoms with E-state index < -0.39 is 5.97 Å². The molecule has 33 heavy (non-hydrogen) atoms. The van der Waals surface area contributed by atoms with Crippen LogP contribution in [0.25, 0.3) is 6.08 Å². The molecule has 0 fully saturated rings. The highest BCUT2D eigenvalue weighted by atomic mass is 35.5. The van der Waals surface area contributed by atoms with Crippen LogP contribution in [0.4, 0.5) is 0 Å². The standard InChI is InChI=1S/C25H16Cl2O6/c1-13-5-19(32-25(29)14-3-2-4-17(26)6-14)10-20-22(13)23(28)21(33-20)9-15-7-18(27)8-16-11-30-12-31-24(15)16/h2-10H,11-12H2,1H3/b21-9-. The summed E-state index contributed by atoms with van der Waals surface area (Å²) in [5.41, 5.74) is 2.74. The Bertz CT molecular complexity index is 1340. The summed E-state index contributed by atoms with van der Waals surface area (Å²) in [7, 11) is 0. The average Bonchev–Trinajstić information content (AvgIpc) is 3.09. The zero-order chi connectivity index (χ0) is 23.1. The van der Waals surface area contributed by atoms with Gasteiger partial charge in [-0.15, -0.1) is 0 Å². The van der Waals surface area contributed by atoms with E-state index in [4.69, 9.17) is 42.1 Å². The van der Waals surface area contributed by atoms with Crippen molar-refractivity contribution in [1.29, 1.82) is 0 Å². The van der Waals surface area contributed by atoms with E-state index in [1.54, 1.807) is 49.4 Å². The molecule has 2 aliphatic rings. The van der Waals surface area contributed by atoms with E-state index in [0.29, 0.717) is 50.4 Å². The lowest BCUT2D eigenvalue weighted by atomic mass is 10.0. The average molecular weight is 483 g/mol. The van der Waals surface area contributed by atoms with Crippen LogP contribution in [0, 0.1) is 6.92 Å². The summed E-state index contributed by atoms with van der Waals surface area (Å²) in [5, 5.41) is 0.918. The molecule has 6 nitrogen and oxygen atoms in total. The number of Topliss-reactive ketones (excluding diaryl/α,β-unsaturated/α-hetero) is 1. The molecule has 0 saturated carbocycles. The number of allylic oxidation sites excluding steroid dienone is 1. The summed E-state index contributed by atoms with van der Waals surface area (Å²) in [6.45, 7) is 2.23. The Balaban J connectivity index is 1.45. The van der Waals surface area contributed by atoms with Gasteiger partial charge in [0.1, 0.15) is 17.2 Å². The molecule has 3 aromatic rings. The van der Waals surface area contributed by atoms with Crippen LogP contribution in [0.15, 0.2) is 54.3 Å². The summed E-state index contributed by atoms with van der Waals surface area (Å²) < 4.78 is 22.2. The summed E-state index contributed by atoms with van der Waals surface area (Å²) in [6.07, 6.45) is 1.59. The Hall–Kier alpha value is -3.32. The SMILES string of the molecule is Cc1cc(OC(=O)c2cccc(Cl)c2)cc2c1C(=O)/C(=C/c1cc(Cl)cc3c1OCOC3)O2. The van der Waals surface area contributed by atoms with Gasteiger partial charge in [-0.05, 0) is 55.0 Å². The second kappa shape index (κ2) is 8.56. The summed E-state index contributed by atoms with van der Waals surface area (Å²) >= 11 is 12.2. The van der Waals surface area contributed by atoms with Gasteiger partial charge >= 0.3 is 5.97 Å². The largest absolute Gasteiger partial charge is 0.467 e. The molecule has 5 rings (SSSR count). The number of benzene rings is 3. The van der Waals surface area contributed by atoms with Gasteiger partial charge in [0.15, 0.2) is 12.6 Å². The normalized spacial score (nSPS) is 15.5. The monoisotopic (exact) mass is 482 g/mol. The number of carbonyl (C=O) groups excluding carboxylic acids is 2. The molecule has 0 amide bonds. The molecular weight excluding hydrogens is 467 g/mol. The number of halogens is 2. The Labute approximate surface area is 199 Å². The Kier molecular flexibility index (Phi) is 5.58. The predicted molar refractivity (Wildman–Crippen MR) is 122 cm³/mol. The van der Waals surface area contributed by atoms with Crippen LogP contribution >= 0.6 is 23.2 Å². The van der Waals surface area contributed by atoms with Crippen molar-refractivity contribution in [1.82, 2.24) is 0 Å². The minimum Gasteiger partial charge on any atom is -0.467 e. The zero-order valence-electron chi connectivity index (χ0n) is 17.3. The van der Waals surface area contributed by atoms with Crippen molar-refractivity contribution < 1.29 is 28.5 Å². The molecule has 166 valence electrons. The van der Waals surface area contributed by atoms with E-state index in [9.17, 15) is 9.59 Å². The van der Waals surface area contributed by atoms with Crippen molar-refractivity contribution in [3.63, 3.8) is 0 Å². The molecule has 0 bridgehead atoms. The highest BCUT2D eigenvalue weighted by molar-refractivity contribution is 6.31. The highest BCUT2D eigenvalue weighted by Gasteiger charge is 2.31. The number of ketones is 1. The molecular formula is C25H16Cl2O6. The van der Waals surface area contributed by atoms with Crippen molar-refractivity contribution in [3.05, 3.63) is 92.2 Å². The molecule has 3 aromatic carbocycles. The minimum absolute atomic E-state index is 0.111. The summed E-state index contributed by atoms with van der Waals surface area (Å²) in [5.74, 6) is 0.424. The van der Waals surface area contributed by atoms with Gasteiger partial charge in [0.05, 0.1) is 17.7 Å². The van der Waals surface area contributed by atoms with E-state index in [0.717, 1.165) is 5.56 Å². The lowest BCUT2D eigenvalue weighted by Crippen LogP contribution is -2.12. The molecule has 2 heterocycles. The van der Waals surface area contributed by atoms with Crippen molar-refractivity contribution in [2.45, 2.75) is 13.5 Å². The van der Waals surface area contributed by atoms with Crippen molar-refractivity contribution in [3.8, 4) is 17.2 Å². The van der Waals surface area contributed by atoms with Gasteiger partial charge in [-0.1, -0.05) is 29.3 Å². The fourth-order valence-electron chi connectivity index (χ4n) is 3.77. The minimum atomic E-state index is -0.568. The predicted octanol–water partition coefficient (Wildman–Crippen LogP) is 6.00. The number of rotatable bonds is 3. The number of fused-ring (bicyclic) bond motifs is 2. The first-order valence-electron chi connectivity index (χ1n) is 9.98. The van der Waals surface area contributed by atoms with Crippen LogP contribution in [0.2, 0.25) is 10.0 Å². The number of esters is 1. The van der Waals surface area contributed by atoms with E-state index in [-0.39, 0.29) is 24.1 Å². The van der Waals surface area contributed by atoms with Crippen molar-refractivity contribution >= 4 is 41.0 Å². The Morgan fingerprint density at radius 2 is 1.94 bits per heavy atom. The third kappa shape index (κ3) is 4.20. The van der Waals surface area contributed by atoms with E-state index in [1.807, 2.05) is 0 Å². The molecule has 0 aromatic heterocycles. The number of ether oxygens (including phenoxy) is 4. The van der Waals surface area contributed by atoms with Gasteiger partial charge in [-0.3, -0.25) is 4.79 Å². The molecule has 0 spiro atoms. The van der Waals surface area contributed by atoms with Gasteiger partial charge in [-0.2, -0.15) is 0 Å². The molecule has 0 unspecified atom stereocenters. The maximum atomic E-state index is 13.1. The van der Waals surface area contributed by atoms with Crippen LogP contribution < -0.4 is 14.2 Å². The number of aryl methyl sites for hydroxylation is 1. The van der Waals surface area contributed by atoms with E-state index in [1.165, 1.54) is 12.1 Å². The second-order valence-corrected chi connectivity index (χ2v) is 8.42. The molecule has 0 radical (unpaired) electrons. The molecule has 0 atom stereocenters. The second-order valence-electron chi connectivity index (χ2n) is 7.55. The number of hydrogen-bond donors (Lipinski definition) is 0. The summed E-state index contributed by atoms with van der Waals surface area (Å²) in [4.78, 5) is 25.5. The first kappa shape index (κ1) is 21.5. The number of carbonyl (C=O) groups is 2. The van der Waals surface area contributed by atoms with Crippen LogP contribution in [0.3, 0.4) is 0 Å². The van der Waals surface area contributed by atoms with E-state index in [2.05, 4.69) is 0 Å². The van der Waals surface area contributed by atoms with Gasteiger partial charge in [0, 0.05) is 27.2 Å². The van der Waals surface area contributed by atoms with Crippen LogP contribution in [0.5, 0.6) is 17.2 Å². The fourth-order valence-corrected chi connectivity index (χ4v) is 4.21. The van der Waals surface area contributed by atoms with Crippen molar-refractivity contribution in [2.75, 3.05) is 6.79 Å². The quantitative estimate of drug-likeness (QED) is 0.259. The first-order valence-corrected chi connectivity index (χ1v) is 10.7. The van der Waals surface area contributed by atoms with Gasteiger partial charge in [0.2, 0.25) is 5.78 Å². The molecule has 0 N–H and O–H groups in total. The Morgan fingerprint density at radius 3 is 2.76 bits per heavy atom. The fraction of sp³-hybridized carbons (Fsp3) is 0.120. The lowest BCUT2D eigenvalue weighted by molar-refractivity contribution is -0.0165. The molecule has 0 aliphatic carbocycles. The van der Waals surface area contributed by atoms with Gasteiger partial charge in [-0.25, -0.2) is 4.79 Å². The van der Waals surface area contributed by atoms with Crippen LogP contribution in [-0.4, -0.2) is 18.5 Å². The topological polar surface area (TPSA) is 71.1 Å². The van der Waals surface area contributed by atoms with Crippen LogP contribution in [0.1, 0.15) is 37.4 Å². The van der Waals surface area contributed by atoms with Crippen LogP contribution in [-0.2, 0) is 11.3 Å². The molecule has 8 heteroatoms. The first-order chi connectivity index (χ1) is 15.9. The Morgan fingerprint density at radius 1 is 1.09 bits per heavy atom. The number of hydrogen-bond acceptors (Lipinski definition) is 6. The maximum absolute atomic E-state index is 13.1. The summed E-state index contributed by atoms with van der Waals surface area (Å²) in [6, 6.07) is 13.0. The highest BCUT2D eigenvalue weighted by Crippen LogP contribution is 2.39. The lowest BCUT2D eigenvalue weighted by Gasteiger charge is -2.20. The van der Waals surface area contributed by atoms with Gasteiger partial charge in [0.25, 0.3) is 0 Å². The van der Waals surface area contributed by atoms with Gasteiger partial charge < -0.3 is 18.9 Å². The molecule has 0 saturated heterocycles. The van der Waals surface area contributed by atoms with Crippen molar-refractivity contribution in [2.24, 2.45) is 0 Å². The maximum Gasteiger partial charge on any atom is 0.343 e. The third-order valence-electron chi connectivity index (χ3n) is 5.20. The molecule has 2 aliphatic heterocycles. The smallest absolute Gasteiger partial charge is 0.343 e. The van der Waals surface area contributed by atoms with E-state index >= 15 is 0 Å². The third-order valence-corrected chi connectivity index (χ3v) is 5.66.